The summed E-state index contributed by atoms with van der Waals surface area (Å²) in [6, 6.07) is 17.5. The van der Waals surface area contributed by atoms with E-state index in [1.807, 2.05) is 74.8 Å². The first-order valence-electron chi connectivity index (χ1n) is 12.9. The fourth-order valence-corrected chi connectivity index (χ4v) is 5.59. The number of aryl methyl sites for hydroxylation is 1. The van der Waals surface area contributed by atoms with E-state index in [0.717, 1.165) is 34.9 Å². The van der Waals surface area contributed by atoms with Gasteiger partial charge in [0.05, 0.1) is 28.5 Å². The highest BCUT2D eigenvalue weighted by Crippen LogP contribution is 2.44. The quantitative estimate of drug-likeness (QED) is 0.257. The normalized spacial score (nSPS) is 17.0. The number of carbonyl (C=O) groups is 1. The number of benzene rings is 1. The number of hydrogen-bond acceptors (Lipinski definition) is 4. The Bertz CT molecular complexity index is 1500. The maximum atomic E-state index is 12.3. The minimum atomic E-state index is -0.173. The van der Waals surface area contributed by atoms with Crippen molar-refractivity contribution in [2.75, 3.05) is 10.2 Å². The summed E-state index contributed by atoms with van der Waals surface area (Å²) in [7, 11) is 0. The zero-order chi connectivity index (χ0) is 27.7. The molecule has 4 aromatic rings. The molecule has 200 valence electrons. The third-order valence-electron chi connectivity index (χ3n) is 7.13. The summed E-state index contributed by atoms with van der Waals surface area (Å²) in [5, 5.41) is 7.46. The van der Waals surface area contributed by atoms with Gasteiger partial charge in [-0.1, -0.05) is 31.5 Å². The molecule has 1 fully saturated rings. The van der Waals surface area contributed by atoms with Gasteiger partial charge in [0.25, 0.3) is 0 Å². The first kappa shape index (κ1) is 26.8. The average molecular weight is 559 g/mol. The topological polar surface area (TPSA) is 75.1 Å². The second-order valence-electron chi connectivity index (χ2n) is 10.1. The Morgan fingerprint density at radius 1 is 1.10 bits per heavy atom. The van der Waals surface area contributed by atoms with Crippen LogP contribution in [0.4, 0.5) is 11.4 Å². The fraction of sp³-hybridized carbons (Fsp3) is 0.267. The molecule has 0 saturated carbocycles. The molecule has 39 heavy (non-hydrogen) atoms. The number of pyridine rings is 2. The van der Waals surface area contributed by atoms with Crippen molar-refractivity contribution >= 4 is 46.2 Å². The van der Waals surface area contributed by atoms with Gasteiger partial charge in [0.15, 0.2) is 5.11 Å². The van der Waals surface area contributed by atoms with Gasteiger partial charge in [-0.3, -0.25) is 14.8 Å². The van der Waals surface area contributed by atoms with Crippen LogP contribution in [0.25, 0.3) is 0 Å². The molecule has 1 aromatic carbocycles. The van der Waals surface area contributed by atoms with Crippen molar-refractivity contribution in [2.45, 2.75) is 46.3 Å². The third kappa shape index (κ3) is 5.40. The zero-order valence-corrected chi connectivity index (χ0v) is 23.9. The highest BCUT2D eigenvalue weighted by atomic mass is 35.5. The molecule has 2 N–H and O–H groups in total. The summed E-state index contributed by atoms with van der Waals surface area (Å²) in [5.41, 5.74) is 6.95. The Kier molecular flexibility index (Phi) is 7.68. The van der Waals surface area contributed by atoms with Gasteiger partial charge in [-0.05, 0) is 85.7 Å². The van der Waals surface area contributed by atoms with Crippen molar-refractivity contribution in [2.24, 2.45) is 5.92 Å². The number of amides is 1. The number of rotatable bonds is 7. The minimum absolute atomic E-state index is 0.0854. The number of nitrogens with one attached hydrogen (secondary N) is 2. The van der Waals surface area contributed by atoms with E-state index in [2.05, 4.69) is 50.0 Å². The molecule has 7 nitrogen and oxygen atoms in total. The lowest BCUT2D eigenvalue weighted by Crippen LogP contribution is -2.29. The van der Waals surface area contributed by atoms with Gasteiger partial charge in [0, 0.05) is 48.1 Å². The van der Waals surface area contributed by atoms with Crippen molar-refractivity contribution in [1.82, 2.24) is 19.9 Å². The molecular weight excluding hydrogens is 528 g/mol. The predicted molar refractivity (Wildman–Crippen MR) is 160 cm³/mol. The van der Waals surface area contributed by atoms with Crippen LogP contribution in [-0.4, -0.2) is 25.6 Å². The molecule has 0 spiro atoms. The van der Waals surface area contributed by atoms with E-state index in [9.17, 15) is 4.79 Å². The fourth-order valence-electron chi connectivity index (χ4n) is 5.02. The number of nitrogens with zero attached hydrogens (tertiary/aromatic N) is 4. The first-order valence-corrected chi connectivity index (χ1v) is 13.7. The van der Waals surface area contributed by atoms with E-state index in [-0.39, 0.29) is 23.9 Å². The van der Waals surface area contributed by atoms with E-state index in [0.29, 0.717) is 15.8 Å². The smallest absolute Gasteiger partial charge is 0.226 e. The third-order valence-corrected chi connectivity index (χ3v) is 7.76. The van der Waals surface area contributed by atoms with Crippen molar-refractivity contribution in [3.05, 3.63) is 106 Å². The number of anilines is 2. The molecule has 2 atom stereocenters. The van der Waals surface area contributed by atoms with Crippen LogP contribution < -0.4 is 15.5 Å². The SMILES string of the molecule is Cc1cc([C@H]2[C@@H](c3ccccn3)NC(=S)N2c2ccc(NC(=O)C(C)C)c(Cl)c2)c(C)n1Cc1ccncc1. The van der Waals surface area contributed by atoms with Crippen molar-refractivity contribution in [3.8, 4) is 0 Å². The molecule has 1 aliphatic rings. The summed E-state index contributed by atoms with van der Waals surface area (Å²) in [6.45, 7) is 8.71. The van der Waals surface area contributed by atoms with Crippen molar-refractivity contribution in [3.63, 3.8) is 0 Å². The minimum Gasteiger partial charge on any atom is -0.351 e. The van der Waals surface area contributed by atoms with Crippen LogP contribution in [0, 0.1) is 19.8 Å². The molecule has 1 amide bonds. The van der Waals surface area contributed by atoms with Gasteiger partial charge < -0.3 is 20.1 Å². The Labute approximate surface area is 239 Å². The first-order chi connectivity index (χ1) is 18.7. The summed E-state index contributed by atoms with van der Waals surface area (Å²) >= 11 is 12.6. The molecule has 5 rings (SSSR count). The van der Waals surface area contributed by atoms with Crippen LogP contribution in [-0.2, 0) is 11.3 Å². The van der Waals surface area contributed by atoms with Crippen LogP contribution in [0.1, 0.15) is 54.1 Å². The Hall–Kier alpha value is -3.75. The lowest BCUT2D eigenvalue weighted by atomic mass is 9.96. The molecule has 1 aliphatic heterocycles. The van der Waals surface area contributed by atoms with Crippen molar-refractivity contribution < 1.29 is 4.79 Å². The maximum absolute atomic E-state index is 12.3. The van der Waals surface area contributed by atoms with Crippen LogP contribution in [0.5, 0.6) is 0 Å². The Morgan fingerprint density at radius 3 is 2.54 bits per heavy atom. The largest absolute Gasteiger partial charge is 0.351 e. The van der Waals surface area contributed by atoms with E-state index in [4.69, 9.17) is 23.8 Å². The van der Waals surface area contributed by atoms with E-state index in [1.54, 1.807) is 6.20 Å². The molecule has 0 aliphatic carbocycles. The molecular formula is C30H31ClN6OS. The van der Waals surface area contributed by atoms with Crippen LogP contribution >= 0.6 is 23.8 Å². The van der Waals surface area contributed by atoms with Crippen molar-refractivity contribution in [1.29, 1.82) is 0 Å². The summed E-state index contributed by atoms with van der Waals surface area (Å²) < 4.78 is 2.32. The van der Waals surface area contributed by atoms with Gasteiger partial charge in [-0.2, -0.15) is 0 Å². The van der Waals surface area contributed by atoms with E-state index < -0.39 is 0 Å². The van der Waals surface area contributed by atoms with Crippen LogP contribution in [0.15, 0.2) is 73.2 Å². The van der Waals surface area contributed by atoms with E-state index >= 15 is 0 Å². The summed E-state index contributed by atoms with van der Waals surface area (Å²) in [6.07, 6.45) is 5.44. The summed E-state index contributed by atoms with van der Waals surface area (Å²) in [4.78, 5) is 23.2. The number of halogens is 1. The highest BCUT2D eigenvalue weighted by Gasteiger charge is 2.42. The van der Waals surface area contributed by atoms with Gasteiger partial charge in [-0.25, -0.2) is 0 Å². The second kappa shape index (κ2) is 11.2. The number of thiocarbonyl (C=S) groups is 1. The van der Waals surface area contributed by atoms with Crippen LogP contribution in [0.2, 0.25) is 5.02 Å². The molecule has 1 saturated heterocycles. The van der Waals surface area contributed by atoms with Crippen LogP contribution in [0.3, 0.4) is 0 Å². The van der Waals surface area contributed by atoms with Gasteiger partial charge in [0.2, 0.25) is 5.91 Å². The monoisotopic (exact) mass is 558 g/mol. The predicted octanol–water partition coefficient (Wildman–Crippen LogP) is 6.37. The lowest BCUT2D eigenvalue weighted by Gasteiger charge is -2.28. The van der Waals surface area contributed by atoms with Gasteiger partial charge >= 0.3 is 0 Å². The average Bonchev–Trinajstić information content (AvgIpc) is 3.41. The summed E-state index contributed by atoms with van der Waals surface area (Å²) in [5.74, 6) is -0.236. The molecule has 4 heterocycles. The molecule has 9 heteroatoms. The number of hydrogen-bond donors (Lipinski definition) is 2. The standard InChI is InChI=1S/C30H31ClN6OS/c1-18(2)29(38)34-25-9-8-22(16-24(25)31)37-28(27(35-30(37)39)26-7-5-6-12-33-26)23-15-19(3)36(20(23)4)17-21-10-13-32-14-11-21/h5-16,18,27-28H,17H2,1-4H3,(H,34,38)(H,35,39)/t27-,28+/m1/s1. The van der Waals surface area contributed by atoms with Gasteiger partial charge in [0.1, 0.15) is 0 Å². The van der Waals surface area contributed by atoms with E-state index in [1.165, 1.54) is 5.56 Å². The number of aromatic nitrogens is 3. The lowest BCUT2D eigenvalue weighted by molar-refractivity contribution is -0.118. The second-order valence-corrected chi connectivity index (χ2v) is 10.9. The zero-order valence-electron chi connectivity index (χ0n) is 22.4. The molecule has 0 unspecified atom stereocenters. The van der Waals surface area contributed by atoms with Gasteiger partial charge in [-0.15, -0.1) is 0 Å². The molecule has 3 aromatic heterocycles. The molecule has 0 bridgehead atoms. The maximum Gasteiger partial charge on any atom is 0.226 e. The Morgan fingerprint density at radius 2 is 1.87 bits per heavy atom. The Balaban J connectivity index is 1.57. The number of carbonyl (C=O) groups excluding carboxylic acids is 1. The molecule has 0 radical (unpaired) electrons. The highest BCUT2D eigenvalue weighted by molar-refractivity contribution is 7.80.